The van der Waals surface area contributed by atoms with Crippen molar-refractivity contribution in [3.8, 4) is 0 Å². The fourth-order valence-electron chi connectivity index (χ4n) is 3.73. The lowest BCUT2D eigenvalue weighted by atomic mass is 10.0. The second kappa shape index (κ2) is 8.37. The molecule has 0 spiro atoms. The minimum atomic E-state index is -3.81. The Morgan fingerprint density at radius 2 is 1.97 bits per heavy atom. The monoisotopic (exact) mass is 503 g/mol. The number of rotatable bonds is 3. The zero-order valence-corrected chi connectivity index (χ0v) is 20.2. The number of aryl methyl sites for hydroxylation is 2. The number of thiophene rings is 1. The Hall–Kier alpha value is -1.23. The molecule has 0 radical (unpaired) electrons. The minimum Gasteiger partial charge on any atom is -0.319 e. The molecule has 1 fully saturated rings. The molecule has 0 bridgehead atoms. The Labute approximate surface area is 192 Å². The Balaban J connectivity index is 1.74. The lowest BCUT2D eigenvalue weighted by molar-refractivity contribution is -0.122. The molecule has 3 heterocycles. The Morgan fingerprint density at radius 3 is 2.67 bits per heavy atom. The largest absolute Gasteiger partial charge is 0.319 e. The van der Waals surface area contributed by atoms with Crippen molar-refractivity contribution in [2.45, 2.75) is 36.4 Å². The fourth-order valence-corrected chi connectivity index (χ4v) is 8.47. The first-order valence-corrected chi connectivity index (χ1v) is 13.1. The molecule has 3 aromatic rings. The third kappa shape index (κ3) is 3.99. The van der Waals surface area contributed by atoms with Gasteiger partial charge in [0, 0.05) is 18.6 Å². The van der Waals surface area contributed by atoms with Gasteiger partial charge in [0.2, 0.25) is 0 Å². The highest BCUT2D eigenvalue weighted by atomic mass is 35.5. The van der Waals surface area contributed by atoms with Crippen LogP contribution in [-0.4, -0.2) is 35.8 Å². The van der Waals surface area contributed by atoms with Crippen LogP contribution in [0.25, 0.3) is 10.2 Å². The van der Waals surface area contributed by atoms with E-state index in [2.05, 4.69) is 4.99 Å². The summed E-state index contributed by atoms with van der Waals surface area (Å²) in [4.78, 5) is 18.0. The summed E-state index contributed by atoms with van der Waals surface area (Å²) < 4.78 is 30.8. The van der Waals surface area contributed by atoms with E-state index in [1.54, 1.807) is 6.07 Å². The van der Waals surface area contributed by atoms with Gasteiger partial charge in [-0.15, -0.1) is 11.3 Å². The van der Waals surface area contributed by atoms with E-state index in [4.69, 9.17) is 23.2 Å². The molecule has 30 heavy (non-hydrogen) atoms. The summed E-state index contributed by atoms with van der Waals surface area (Å²) >= 11 is 14.4. The maximum Gasteiger partial charge on any atom is 0.266 e. The number of carbonyl (C=O) groups is 1. The topological polar surface area (TPSA) is 71.7 Å². The highest BCUT2D eigenvalue weighted by molar-refractivity contribution is 7.91. The zero-order chi connectivity index (χ0) is 21.6. The van der Waals surface area contributed by atoms with E-state index < -0.39 is 22.0 Å². The first kappa shape index (κ1) is 22.0. The van der Waals surface area contributed by atoms with Gasteiger partial charge in [-0.25, -0.2) is 8.42 Å². The predicted octanol–water partition coefficient (Wildman–Crippen LogP) is 4.59. The summed E-state index contributed by atoms with van der Waals surface area (Å²) in [5.74, 6) is -0.452. The van der Waals surface area contributed by atoms with Gasteiger partial charge in [0.05, 0.1) is 14.6 Å². The van der Waals surface area contributed by atoms with Crippen molar-refractivity contribution < 1.29 is 13.2 Å². The van der Waals surface area contributed by atoms with Crippen molar-refractivity contribution in [1.82, 2.24) is 8.87 Å². The van der Waals surface area contributed by atoms with Crippen molar-refractivity contribution >= 4 is 72.0 Å². The van der Waals surface area contributed by atoms with Gasteiger partial charge in [0.25, 0.3) is 15.9 Å². The summed E-state index contributed by atoms with van der Waals surface area (Å²) in [6, 6.07) is 5.92. The van der Waals surface area contributed by atoms with Gasteiger partial charge in [0.15, 0.2) is 4.80 Å². The van der Waals surface area contributed by atoms with Gasteiger partial charge in [0.1, 0.15) is 10.3 Å². The van der Waals surface area contributed by atoms with Crippen LogP contribution in [0.15, 0.2) is 33.5 Å². The van der Waals surface area contributed by atoms with Gasteiger partial charge >= 0.3 is 0 Å². The number of aromatic nitrogens is 1. The average molecular weight is 504 g/mol. The summed E-state index contributed by atoms with van der Waals surface area (Å²) in [6.07, 6.45) is 1.92. The van der Waals surface area contributed by atoms with Crippen LogP contribution in [0.4, 0.5) is 0 Å². The van der Waals surface area contributed by atoms with Crippen LogP contribution < -0.4 is 4.80 Å². The van der Waals surface area contributed by atoms with Crippen LogP contribution >= 0.6 is 45.9 Å². The number of thiazole rings is 1. The molecule has 0 aliphatic carbocycles. The number of fused-ring (bicyclic) bond motifs is 1. The lowest BCUT2D eigenvalue weighted by Gasteiger charge is -2.31. The normalized spacial score (nSPS) is 18.9. The number of sulfonamides is 1. The SMILES string of the molecule is Cc1cc(Cl)cc2sc(=NC(=O)C3CCCCN3S(=O)(=O)c3ccc(Cl)s3)n(C)c12. The van der Waals surface area contributed by atoms with Crippen molar-refractivity contribution in [3.63, 3.8) is 0 Å². The van der Waals surface area contributed by atoms with E-state index in [-0.39, 0.29) is 10.8 Å². The number of carbonyl (C=O) groups excluding carboxylic acids is 1. The number of benzene rings is 1. The molecule has 2 aromatic heterocycles. The second-order valence-corrected chi connectivity index (χ2v) is 12.4. The number of halogens is 2. The molecule has 1 saturated heterocycles. The van der Waals surface area contributed by atoms with E-state index in [1.165, 1.54) is 21.7 Å². The molecule has 1 amide bonds. The van der Waals surface area contributed by atoms with Crippen molar-refractivity contribution in [3.05, 3.63) is 44.0 Å². The minimum absolute atomic E-state index is 0.143. The smallest absolute Gasteiger partial charge is 0.266 e. The van der Waals surface area contributed by atoms with E-state index in [0.29, 0.717) is 27.0 Å². The molecular formula is C19H19Cl2N3O3S3. The van der Waals surface area contributed by atoms with E-state index in [1.807, 2.05) is 30.7 Å². The van der Waals surface area contributed by atoms with Gasteiger partial charge in [-0.2, -0.15) is 9.30 Å². The van der Waals surface area contributed by atoms with Crippen LogP contribution in [0.3, 0.4) is 0 Å². The molecule has 1 aliphatic rings. The summed E-state index contributed by atoms with van der Waals surface area (Å²) in [7, 11) is -1.97. The van der Waals surface area contributed by atoms with E-state index in [0.717, 1.165) is 33.5 Å². The molecule has 1 aromatic carbocycles. The standard InChI is InChI=1S/C19H19Cl2N3O3S3/c1-11-9-12(20)10-14-17(11)23(2)19(28-14)22-18(25)13-5-3-4-8-24(13)30(26,27)16-7-6-15(21)29-16/h6-7,9-10,13H,3-5,8H2,1-2H3. The number of piperidine rings is 1. The maximum absolute atomic E-state index is 13.1. The Morgan fingerprint density at radius 1 is 1.20 bits per heavy atom. The number of hydrogen-bond donors (Lipinski definition) is 0. The molecule has 4 rings (SSSR count). The molecule has 6 nitrogen and oxygen atoms in total. The van der Waals surface area contributed by atoms with Gasteiger partial charge < -0.3 is 4.57 Å². The molecule has 0 N–H and O–H groups in total. The van der Waals surface area contributed by atoms with Gasteiger partial charge in [-0.3, -0.25) is 4.79 Å². The van der Waals surface area contributed by atoms with Crippen molar-refractivity contribution in [2.24, 2.45) is 12.0 Å². The van der Waals surface area contributed by atoms with Crippen LogP contribution in [0.1, 0.15) is 24.8 Å². The van der Waals surface area contributed by atoms with Gasteiger partial charge in [-0.05, 0) is 49.6 Å². The van der Waals surface area contributed by atoms with Crippen molar-refractivity contribution in [2.75, 3.05) is 6.54 Å². The molecule has 160 valence electrons. The summed E-state index contributed by atoms with van der Waals surface area (Å²) in [6.45, 7) is 2.24. The second-order valence-electron chi connectivity index (χ2n) is 7.15. The first-order valence-electron chi connectivity index (χ1n) is 9.30. The predicted molar refractivity (Wildman–Crippen MR) is 122 cm³/mol. The number of amides is 1. The maximum atomic E-state index is 13.1. The zero-order valence-electron chi connectivity index (χ0n) is 16.3. The van der Waals surface area contributed by atoms with E-state index >= 15 is 0 Å². The van der Waals surface area contributed by atoms with E-state index in [9.17, 15) is 13.2 Å². The third-order valence-electron chi connectivity index (χ3n) is 5.11. The van der Waals surface area contributed by atoms with Crippen LogP contribution in [0, 0.1) is 6.92 Å². The molecule has 1 unspecified atom stereocenters. The highest BCUT2D eigenvalue weighted by Gasteiger charge is 2.38. The molecule has 1 aliphatic heterocycles. The number of nitrogens with zero attached hydrogens (tertiary/aromatic N) is 3. The summed E-state index contributed by atoms with van der Waals surface area (Å²) in [5, 5.41) is 0.624. The molecule has 0 saturated carbocycles. The average Bonchev–Trinajstić information content (AvgIpc) is 3.26. The number of hydrogen-bond acceptors (Lipinski definition) is 5. The van der Waals surface area contributed by atoms with Gasteiger partial charge in [-0.1, -0.05) is 41.0 Å². The third-order valence-corrected chi connectivity index (χ3v) is 10.0. The Bertz CT molecular complexity index is 1310. The first-order chi connectivity index (χ1) is 14.2. The van der Waals surface area contributed by atoms with Crippen LogP contribution in [-0.2, 0) is 21.9 Å². The molecule has 11 heteroatoms. The molecular weight excluding hydrogens is 485 g/mol. The lowest BCUT2D eigenvalue weighted by Crippen LogP contribution is -2.47. The van der Waals surface area contributed by atoms with Crippen LogP contribution in [0.5, 0.6) is 0 Å². The van der Waals surface area contributed by atoms with Crippen LogP contribution in [0.2, 0.25) is 9.36 Å². The fraction of sp³-hybridized carbons (Fsp3) is 0.368. The Kier molecular flexibility index (Phi) is 6.13. The quantitative estimate of drug-likeness (QED) is 0.524. The van der Waals surface area contributed by atoms with Crippen molar-refractivity contribution in [1.29, 1.82) is 0 Å². The summed E-state index contributed by atoms with van der Waals surface area (Å²) in [5.41, 5.74) is 1.94. The molecule has 1 atom stereocenters. The highest BCUT2D eigenvalue weighted by Crippen LogP contribution is 2.32.